The average Bonchev–Trinajstić information content (AvgIpc) is 3.48. The predicted molar refractivity (Wildman–Crippen MR) is 135 cm³/mol. The number of hydrogen-bond donors (Lipinski definition) is 1. The molecule has 5 rings (SSSR count). The Kier molecular flexibility index (Phi) is 6.04. The van der Waals surface area contributed by atoms with E-state index < -0.39 is 0 Å². The van der Waals surface area contributed by atoms with Crippen molar-refractivity contribution in [2.24, 2.45) is 0 Å². The number of carbonyl (C=O) groups excluding carboxylic acids is 2. The molecule has 0 atom stereocenters. The highest BCUT2D eigenvalue weighted by molar-refractivity contribution is 6.46. The summed E-state index contributed by atoms with van der Waals surface area (Å²) < 4.78 is 5.59. The molecule has 1 N–H and O–H groups in total. The van der Waals surface area contributed by atoms with Gasteiger partial charge in [0.05, 0.1) is 17.9 Å². The lowest BCUT2D eigenvalue weighted by molar-refractivity contribution is -0.120. The molecule has 2 amide bonds. The van der Waals surface area contributed by atoms with E-state index in [1.807, 2.05) is 85.8 Å². The van der Waals surface area contributed by atoms with Gasteiger partial charge in [-0.2, -0.15) is 0 Å². The lowest BCUT2D eigenvalue weighted by atomic mass is 10.0. The quantitative estimate of drug-likeness (QED) is 0.506. The van der Waals surface area contributed by atoms with E-state index in [4.69, 9.17) is 4.74 Å². The first-order valence-electron chi connectivity index (χ1n) is 11.7. The highest BCUT2D eigenvalue weighted by atomic mass is 16.5. The van der Waals surface area contributed by atoms with Crippen LogP contribution in [-0.2, 0) is 9.59 Å². The first-order valence-corrected chi connectivity index (χ1v) is 11.7. The van der Waals surface area contributed by atoms with Crippen molar-refractivity contribution in [1.82, 2.24) is 0 Å². The molecule has 172 valence electrons. The van der Waals surface area contributed by atoms with Crippen molar-refractivity contribution in [1.29, 1.82) is 0 Å². The zero-order chi connectivity index (χ0) is 23.5. The number of rotatable bonds is 7. The zero-order valence-electron chi connectivity index (χ0n) is 19.2. The summed E-state index contributed by atoms with van der Waals surface area (Å²) in [6.07, 6.45) is 2.38. The van der Waals surface area contributed by atoms with Gasteiger partial charge >= 0.3 is 0 Å². The Bertz CT molecular complexity index is 1230. The summed E-state index contributed by atoms with van der Waals surface area (Å²) in [6.45, 7) is 4.53. The number of benzene rings is 3. The molecule has 2 heterocycles. The van der Waals surface area contributed by atoms with Crippen LogP contribution in [0.3, 0.4) is 0 Å². The largest absolute Gasteiger partial charge is 0.494 e. The third-order valence-corrected chi connectivity index (χ3v) is 6.14. The normalized spacial score (nSPS) is 15.9. The SMILES string of the molecule is CCOc1cccc(NC2=C(c3ccccc3)C(=O)N(c3ccc(N4CCCC4)cc3)C2=O)c1. The number of imide groups is 1. The minimum atomic E-state index is -0.375. The molecule has 0 spiro atoms. The third-order valence-electron chi connectivity index (χ3n) is 6.14. The highest BCUT2D eigenvalue weighted by Crippen LogP contribution is 2.35. The van der Waals surface area contributed by atoms with E-state index in [9.17, 15) is 9.59 Å². The van der Waals surface area contributed by atoms with Crippen LogP contribution >= 0.6 is 0 Å². The molecule has 0 saturated carbocycles. The van der Waals surface area contributed by atoms with Gasteiger partial charge in [0.25, 0.3) is 11.8 Å². The van der Waals surface area contributed by atoms with Crippen molar-refractivity contribution in [3.05, 3.63) is 90.1 Å². The number of anilines is 3. The Morgan fingerprint density at radius 3 is 2.24 bits per heavy atom. The van der Waals surface area contributed by atoms with Crippen molar-refractivity contribution < 1.29 is 14.3 Å². The van der Waals surface area contributed by atoms with Crippen LogP contribution in [0.5, 0.6) is 5.75 Å². The molecule has 3 aromatic rings. The molecule has 0 aliphatic carbocycles. The Morgan fingerprint density at radius 2 is 1.53 bits per heavy atom. The second-order valence-corrected chi connectivity index (χ2v) is 8.36. The molecule has 34 heavy (non-hydrogen) atoms. The molecule has 0 radical (unpaired) electrons. The fourth-order valence-corrected chi connectivity index (χ4v) is 4.52. The van der Waals surface area contributed by atoms with Gasteiger partial charge in [0, 0.05) is 30.5 Å². The summed E-state index contributed by atoms with van der Waals surface area (Å²) in [5.41, 5.74) is 3.67. The third kappa shape index (κ3) is 4.15. The van der Waals surface area contributed by atoms with Crippen molar-refractivity contribution in [3.63, 3.8) is 0 Å². The van der Waals surface area contributed by atoms with Crippen LogP contribution in [0.25, 0.3) is 5.57 Å². The monoisotopic (exact) mass is 453 g/mol. The van der Waals surface area contributed by atoms with E-state index in [0.717, 1.165) is 18.8 Å². The highest BCUT2D eigenvalue weighted by Gasteiger charge is 2.40. The molecule has 6 heteroatoms. The van der Waals surface area contributed by atoms with Crippen LogP contribution in [0, 0.1) is 0 Å². The number of hydrogen-bond acceptors (Lipinski definition) is 5. The topological polar surface area (TPSA) is 61.9 Å². The van der Waals surface area contributed by atoms with Gasteiger partial charge < -0.3 is 15.0 Å². The van der Waals surface area contributed by atoms with Crippen LogP contribution in [0.1, 0.15) is 25.3 Å². The smallest absolute Gasteiger partial charge is 0.282 e. The van der Waals surface area contributed by atoms with Crippen LogP contribution in [0.4, 0.5) is 17.1 Å². The summed E-state index contributed by atoms with van der Waals surface area (Å²) in [6, 6.07) is 24.4. The molecule has 1 saturated heterocycles. The van der Waals surface area contributed by atoms with Crippen LogP contribution in [-0.4, -0.2) is 31.5 Å². The number of carbonyl (C=O) groups is 2. The van der Waals surface area contributed by atoms with Crippen LogP contribution in [0.15, 0.2) is 84.6 Å². The maximum atomic E-state index is 13.6. The Labute approximate surface area is 199 Å². The van der Waals surface area contributed by atoms with Gasteiger partial charge in [-0.3, -0.25) is 9.59 Å². The van der Waals surface area contributed by atoms with Crippen LogP contribution < -0.4 is 19.9 Å². The first kappa shape index (κ1) is 21.8. The Balaban J connectivity index is 1.50. The van der Waals surface area contributed by atoms with Gasteiger partial charge in [0.1, 0.15) is 11.4 Å². The van der Waals surface area contributed by atoms with Gasteiger partial charge in [-0.05, 0) is 61.7 Å². The molecule has 1 fully saturated rings. The van der Waals surface area contributed by atoms with E-state index in [0.29, 0.717) is 34.9 Å². The van der Waals surface area contributed by atoms with Crippen molar-refractivity contribution >= 4 is 34.4 Å². The summed E-state index contributed by atoms with van der Waals surface area (Å²) >= 11 is 0. The Morgan fingerprint density at radius 1 is 0.824 bits per heavy atom. The maximum absolute atomic E-state index is 13.6. The maximum Gasteiger partial charge on any atom is 0.282 e. The van der Waals surface area contributed by atoms with E-state index in [1.165, 1.54) is 17.7 Å². The number of nitrogens with zero attached hydrogens (tertiary/aromatic N) is 2. The standard InChI is InChI=1S/C28H27N3O3/c1-2-34-24-12-8-11-21(19-24)29-26-25(20-9-4-3-5-10-20)27(32)31(28(26)33)23-15-13-22(14-16-23)30-17-6-7-18-30/h3-5,8-16,19,29H,2,6-7,17-18H2,1H3. The fraction of sp³-hybridized carbons (Fsp3) is 0.214. The lowest BCUT2D eigenvalue weighted by Crippen LogP contribution is -2.32. The second-order valence-electron chi connectivity index (χ2n) is 8.36. The van der Waals surface area contributed by atoms with Gasteiger partial charge in [0.15, 0.2) is 0 Å². The lowest BCUT2D eigenvalue weighted by Gasteiger charge is -2.20. The molecule has 0 aromatic heterocycles. The molecule has 2 aliphatic rings. The second kappa shape index (κ2) is 9.43. The van der Waals surface area contributed by atoms with Gasteiger partial charge in [-0.25, -0.2) is 4.90 Å². The molecule has 0 unspecified atom stereocenters. The molecule has 0 bridgehead atoms. The summed E-state index contributed by atoms with van der Waals surface area (Å²) in [5.74, 6) is -0.0198. The predicted octanol–water partition coefficient (Wildman–Crippen LogP) is 5.08. The van der Waals surface area contributed by atoms with E-state index in [-0.39, 0.29) is 17.5 Å². The van der Waals surface area contributed by atoms with E-state index in [2.05, 4.69) is 10.2 Å². The van der Waals surface area contributed by atoms with E-state index in [1.54, 1.807) is 0 Å². The van der Waals surface area contributed by atoms with Crippen LogP contribution in [0.2, 0.25) is 0 Å². The van der Waals surface area contributed by atoms with E-state index >= 15 is 0 Å². The molecule has 6 nitrogen and oxygen atoms in total. The fourth-order valence-electron chi connectivity index (χ4n) is 4.52. The first-order chi connectivity index (χ1) is 16.7. The van der Waals surface area contributed by atoms with Gasteiger partial charge in [0.2, 0.25) is 0 Å². The average molecular weight is 454 g/mol. The molecule has 2 aliphatic heterocycles. The number of ether oxygens (including phenoxy) is 1. The Hall–Kier alpha value is -4.06. The summed E-state index contributed by atoms with van der Waals surface area (Å²) in [7, 11) is 0. The van der Waals surface area contributed by atoms with Crippen molar-refractivity contribution in [3.8, 4) is 5.75 Å². The zero-order valence-corrected chi connectivity index (χ0v) is 19.2. The number of nitrogens with one attached hydrogen (secondary N) is 1. The minimum Gasteiger partial charge on any atom is -0.494 e. The molecule has 3 aromatic carbocycles. The van der Waals surface area contributed by atoms with Crippen molar-refractivity contribution in [2.75, 3.05) is 34.8 Å². The van der Waals surface area contributed by atoms with Gasteiger partial charge in [-0.15, -0.1) is 0 Å². The van der Waals surface area contributed by atoms with Crippen molar-refractivity contribution in [2.45, 2.75) is 19.8 Å². The molecular formula is C28H27N3O3. The number of amides is 2. The van der Waals surface area contributed by atoms with Gasteiger partial charge in [-0.1, -0.05) is 36.4 Å². The summed E-state index contributed by atoms with van der Waals surface area (Å²) in [5, 5.41) is 3.20. The summed E-state index contributed by atoms with van der Waals surface area (Å²) in [4.78, 5) is 30.8. The minimum absolute atomic E-state index is 0.258. The molecular weight excluding hydrogens is 426 g/mol.